The number of carbonyl (C=O) groups excluding carboxylic acids is 1. The lowest BCUT2D eigenvalue weighted by atomic mass is 10.1. The average molecular weight is 874 g/mol. The quantitative estimate of drug-likeness (QED) is 0.0356. The van der Waals surface area contributed by atoms with E-state index in [1.807, 2.05) is 54.9 Å². The summed E-state index contributed by atoms with van der Waals surface area (Å²) in [4.78, 5) is 74.8. The first-order chi connectivity index (χ1) is 26.6. The number of fused-ring (bicyclic) bond motifs is 2. The van der Waals surface area contributed by atoms with E-state index in [1.165, 1.54) is 0 Å². The molecule has 1 amide bonds. The van der Waals surface area contributed by atoms with Crippen molar-refractivity contribution >= 4 is 62.4 Å². The fourth-order valence-electron chi connectivity index (χ4n) is 5.42. The molecule has 8 N–H and O–H groups in total. The van der Waals surface area contributed by atoms with Crippen molar-refractivity contribution in [1.82, 2.24) is 24.4 Å². The van der Waals surface area contributed by atoms with Crippen molar-refractivity contribution in [2.24, 2.45) is 0 Å². The van der Waals surface area contributed by atoms with Crippen LogP contribution in [0.2, 0.25) is 0 Å². The Morgan fingerprint density at radius 3 is 2.54 bits per heavy atom. The van der Waals surface area contributed by atoms with Crippen LogP contribution in [0, 0.1) is 11.8 Å². The molecular formula is C31H38N7O15P3S. The first kappa shape index (κ1) is 44.2. The highest BCUT2D eigenvalue weighted by molar-refractivity contribution is 7.66. The summed E-state index contributed by atoms with van der Waals surface area (Å²) in [5.41, 5.74) is 7.55. The molecule has 0 spiro atoms. The van der Waals surface area contributed by atoms with E-state index in [-0.39, 0.29) is 30.3 Å². The smallest absolute Gasteiger partial charge is 0.487 e. The van der Waals surface area contributed by atoms with Gasteiger partial charge in [0.05, 0.1) is 39.5 Å². The topological polar surface area (TPSA) is 321 Å². The van der Waals surface area contributed by atoms with E-state index in [4.69, 9.17) is 20.3 Å². The Bertz CT molecular complexity index is 2460. The molecule has 3 unspecified atom stereocenters. The van der Waals surface area contributed by atoms with E-state index in [9.17, 15) is 48.2 Å². The molecule has 22 nitrogen and oxygen atoms in total. The molecule has 3 aliphatic rings. The van der Waals surface area contributed by atoms with Crippen molar-refractivity contribution in [3.8, 4) is 22.4 Å². The molecule has 0 bridgehead atoms. The Labute approximate surface area is 327 Å². The second-order valence-corrected chi connectivity index (χ2v) is 18.1. The molecule has 0 radical (unpaired) electrons. The van der Waals surface area contributed by atoms with Crippen LogP contribution in [0.15, 0.2) is 47.4 Å². The highest BCUT2D eigenvalue weighted by atomic mass is 32.1. The summed E-state index contributed by atoms with van der Waals surface area (Å²) < 4.78 is 54.9. The van der Waals surface area contributed by atoms with Gasteiger partial charge in [0.2, 0.25) is 11.3 Å². The number of ether oxygens (including phenoxy) is 1. The Morgan fingerprint density at radius 2 is 1.84 bits per heavy atom. The minimum absolute atomic E-state index is 0.0281. The maximum absolute atomic E-state index is 12.6. The highest BCUT2D eigenvalue weighted by Gasteiger charge is 2.46. The van der Waals surface area contributed by atoms with E-state index in [0.29, 0.717) is 13.0 Å². The number of aromatic nitrogens is 3. The lowest BCUT2D eigenvalue weighted by molar-refractivity contribution is -0.212. The molecule has 1 aromatic carbocycles. The number of aliphatic hydroxyl groups excluding tert-OH is 2. The second-order valence-electron chi connectivity index (χ2n) is 12.7. The number of carbonyl (C=O) groups is 1. The molecule has 2 aliphatic heterocycles. The maximum Gasteiger partial charge on any atom is 0.487 e. The molecule has 2 aromatic rings. The number of nitrogens with two attached hydrogens (primary N) is 1. The SMILES string of the molecule is CN(CCCC(=O)NCC#Cc1cn([C@@H]2O[C@H](COP(=O)(O)OP(=O)(O)OP(=O)([O-])O)[C@@H](O)[C@H]2O)c(=O)nc1N)c1ccc2nc3ccc(=[N+](C)C)cc-3sc2c1. The van der Waals surface area contributed by atoms with Gasteiger partial charge in [0.1, 0.15) is 38.2 Å². The van der Waals surface area contributed by atoms with Crippen LogP contribution in [0.25, 0.3) is 20.8 Å². The number of hydrogen-bond donors (Lipinski definition) is 7. The minimum atomic E-state index is -5.88. The van der Waals surface area contributed by atoms with Gasteiger partial charge < -0.3 is 50.5 Å². The Hall–Kier alpha value is -3.94. The molecular weight excluding hydrogens is 835 g/mol. The van der Waals surface area contributed by atoms with E-state index in [1.54, 1.807) is 11.3 Å². The average Bonchev–Trinajstić information content (AvgIpc) is 3.39. The molecule has 1 aliphatic carbocycles. The van der Waals surface area contributed by atoms with Crippen molar-refractivity contribution in [1.29, 1.82) is 0 Å². The van der Waals surface area contributed by atoms with Gasteiger partial charge >= 0.3 is 21.3 Å². The molecule has 1 saturated heterocycles. The van der Waals surface area contributed by atoms with Crippen LogP contribution in [0.4, 0.5) is 11.5 Å². The number of amides is 1. The van der Waals surface area contributed by atoms with Crippen LogP contribution < -0.4 is 36.5 Å². The largest absolute Gasteiger partial charge is 0.756 e. The molecule has 0 saturated carbocycles. The first-order valence-corrected chi connectivity index (χ1v) is 21.9. The van der Waals surface area contributed by atoms with Crippen LogP contribution in [-0.4, -0.2) is 104 Å². The van der Waals surface area contributed by atoms with Gasteiger partial charge in [-0.2, -0.15) is 9.29 Å². The summed E-state index contributed by atoms with van der Waals surface area (Å²) >= 11 is 1.66. The molecule has 7 atom stereocenters. The van der Waals surface area contributed by atoms with Gasteiger partial charge in [-0.05, 0) is 30.7 Å². The summed E-state index contributed by atoms with van der Waals surface area (Å²) in [6.45, 7) is -0.629. The molecule has 26 heteroatoms. The summed E-state index contributed by atoms with van der Waals surface area (Å²) in [6.07, 6.45) is -5.31. The minimum Gasteiger partial charge on any atom is -0.756 e. The van der Waals surface area contributed by atoms with Crippen LogP contribution in [0.3, 0.4) is 0 Å². The monoisotopic (exact) mass is 873 g/mol. The Balaban J connectivity index is 1.13. The highest BCUT2D eigenvalue weighted by Crippen LogP contribution is 2.65. The lowest BCUT2D eigenvalue weighted by Gasteiger charge is -2.21. The third-order valence-electron chi connectivity index (χ3n) is 8.21. The molecule has 308 valence electrons. The number of benzene rings is 2. The standard InChI is InChI=1S/C31H38N7O15P3S/c1-36(2)19-8-10-21-24(14-19)57-25-15-20(9-11-22(25)34-21)37(3)13-5-7-26(39)33-12-4-6-18-16-38(31(42)35-29(18)32)30-28(41)27(40)23(51-30)17-50-55(46,47)53-56(48,49)52-54(43,44)45/h8-11,14-16,23,27-28,30,40-41H,5,7,12-13,17H2,1-3H3,(H6-,32,33,35,39,42,43,44,45,46,47,48,49)/t23-,27-,28-,30-/m1/s1. The third-order valence-corrected chi connectivity index (χ3v) is 13.1. The zero-order chi connectivity index (χ0) is 41.9. The maximum atomic E-state index is 12.6. The number of nitrogens with zero attached hydrogens (tertiary/aromatic N) is 5. The first-order valence-electron chi connectivity index (χ1n) is 16.6. The van der Waals surface area contributed by atoms with Crippen molar-refractivity contribution < 1.29 is 66.2 Å². The number of phosphoric ester groups is 1. The van der Waals surface area contributed by atoms with E-state index in [0.717, 1.165) is 42.6 Å². The number of nitrogens with one attached hydrogen (secondary N) is 1. The third kappa shape index (κ3) is 11.8. The van der Waals surface area contributed by atoms with Crippen molar-refractivity contribution in [3.05, 3.63) is 64.0 Å². The number of rotatable bonds is 14. The summed E-state index contributed by atoms with van der Waals surface area (Å²) in [5.74, 6) is 4.77. The summed E-state index contributed by atoms with van der Waals surface area (Å²) in [7, 11) is -11.5. The predicted molar refractivity (Wildman–Crippen MR) is 202 cm³/mol. The van der Waals surface area contributed by atoms with E-state index in [2.05, 4.69) is 47.4 Å². The van der Waals surface area contributed by atoms with Gasteiger partial charge in [-0.1, -0.05) is 11.8 Å². The fourth-order valence-corrected chi connectivity index (χ4v) is 9.45. The van der Waals surface area contributed by atoms with Crippen molar-refractivity contribution in [3.63, 3.8) is 0 Å². The molecule has 1 fully saturated rings. The normalized spacial score (nSPS) is 21.2. The van der Waals surface area contributed by atoms with Crippen LogP contribution in [0.1, 0.15) is 24.6 Å². The zero-order valence-electron chi connectivity index (χ0n) is 30.3. The lowest BCUT2D eigenvalue weighted by Crippen LogP contribution is -2.36. The zero-order valence-corrected chi connectivity index (χ0v) is 33.8. The van der Waals surface area contributed by atoms with Gasteiger partial charge in [-0.3, -0.25) is 18.5 Å². The predicted octanol–water partition coefficient (Wildman–Crippen LogP) is -0.713. The van der Waals surface area contributed by atoms with E-state index < -0.39 is 60.3 Å². The summed E-state index contributed by atoms with van der Waals surface area (Å²) in [6, 6.07) is 12.2. The number of aliphatic hydroxyl groups is 2. The van der Waals surface area contributed by atoms with Gasteiger partial charge in [-0.15, -0.1) is 11.3 Å². The number of nitrogen functional groups attached to an aromatic ring is 1. The Morgan fingerprint density at radius 1 is 1.11 bits per heavy atom. The second kappa shape index (κ2) is 17.9. The van der Waals surface area contributed by atoms with Crippen LogP contribution in [0.5, 0.6) is 0 Å². The van der Waals surface area contributed by atoms with Gasteiger partial charge in [0.25, 0.3) is 7.82 Å². The molecule has 57 heavy (non-hydrogen) atoms. The van der Waals surface area contributed by atoms with Gasteiger partial charge in [-0.25, -0.2) is 27.8 Å². The Kier molecular flexibility index (Phi) is 13.9. The van der Waals surface area contributed by atoms with Gasteiger partial charge in [0, 0.05) is 44.0 Å². The number of phosphoric acid groups is 3. The fraction of sp³-hybridized carbons (Fsp3) is 0.387. The van der Waals surface area contributed by atoms with E-state index >= 15 is 0 Å². The number of anilines is 2. The molecule has 3 heterocycles. The van der Waals surface area contributed by atoms with Crippen molar-refractivity contribution in [2.45, 2.75) is 37.4 Å². The van der Waals surface area contributed by atoms with Gasteiger partial charge in [0.15, 0.2) is 6.23 Å². The molecule has 5 rings (SSSR count). The molecule has 1 aromatic heterocycles. The van der Waals surface area contributed by atoms with Crippen LogP contribution in [-0.2, 0) is 36.4 Å². The summed E-state index contributed by atoms with van der Waals surface area (Å²) in [5, 5.41) is 24.7. The van der Waals surface area contributed by atoms with Crippen LogP contribution >= 0.6 is 34.8 Å². The van der Waals surface area contributed by atoms with Crippen molar-refractivity contribution in [2.75, 3.05) is 51.5 Å². The number of hydrogen-bond acceptors (Lipinski definition) is 17.